The van der Waals surface area contributed by atoms with E-state index in [1.807, 2.05) is 57.2 Å². The molecule has 0 unspecified atom stereocenters. The summed E-state index contributed by atoms with van der Waals surface area (Å²) in [7, 11) is 0. The minimum absolute atomic E-state index is 0.0201. The van der Waals surface area contributed by atoms with E-state index in [0.29, 0.717) is 23.9 Å². The van der Waals surface area contributed by atoms with E-state index in [1.54, 1.807) is 17.0 Å². The van der Waals surface area contributed by atoms with Crippen LogP contribution >= 0.6 is 0 Å². The second kappa shape index (κ2) is 9.37. The van der Waals surface area contributed by atoms with Crippen LogP contribution in [0.15, 0.2) is 53.1 Å². The molecule has 6 nitrogen and oxygen atoms in total. The number of carbonyl (C=O) groups is 1. The molecule has 29 heavy (non-hydrogen) atoms. The molecule has 0 aliphatic rings. The third-order valence-corrected chi connectivity index (χ3v) is 4.54. The third-order valence-electron chi connectivity index (χ3n) is 4.54. The number of amides is 1. The summed E-state index contributed by atoms with van der Waals surface area (Å²) in [5, 5.41) is 4.06. The van der Waals surface area contributed by atoms with Crippen LogP contribution in [0.2, 0.25) is 0 Å². The highest BCUT2D eigenvalue weighted by Crippen LogP contribution is 2.19. The second-order valence-corrected chi connectivity index (χ2v) is 7.28. The van der Waals surface area contributed by atoms with Crippen molar-refractivity contribution in [1.29, 1.82) is 0 Å². The lowest BCUT2D eigenvalue weighted by Crippen LogP contribution is -2.36. The van der Waals surface area contributed by atoms with Crippen LogP contribution in [0.5, 0.6) is 5.75 Å². The zero-order valence-corrected chi connectivity index (χ0v) is 17.4. The first-order valence-corrected chi connectivity index (χ1v) is 9.91. The minimum Gasteiger partial charge on any atom is -0.494 e. The molecule has 6 heteroatoms. The van der Waals surface area contributed by atoms with Crippen molar-refractivity contribution < 1.29 is 14.1 Å². The predicted molar refractivity (Wildman–Crippen MR) is 112 cm³/mol. The summed E-state index contributed by atoms with van der Waals surface area (Å²) in [5.74, 6) is 1.61. The van der Waals surface area contributed by atoms with E-state index >= 15 is 0 Å². The molecule has 0 bridgehead atoms. The maximum atomic E-state index is 13.0. The van der Waals surface area contributed by atoms with Crippen LogP contribution in [0.4, 0.5) is 0 Å². The molecular formula is C23H27N3O3. The van der Waals surface area contributed by atoms with Crippen LogP contribution in [0.1, 0.15) is 49.0 Å². The highest BCUT2D eigenvalue weighted by molar-refractivity contribution is 5.94. The zero-order valence-electron chi connectivity index (χ0n) is 17.4. The number of aryl methyl sites for hydroxylation is 1. The molecule has 3 rings (SSSR count). The van der Waals surface area contributed by atoms with Gasteiger partial charge in [-0.2, -0.15) is 4.98 Å². The molecule has 0 spiro atoms. The van der Waals surface area contributed by atoms with E-state index in [0.717, 1.165) is 17.7 Å². The van der Waals surface area contributed by atoms with Crippen LogP contribution in [-0.4, -0.2) is 33.6 Å². The Balaban J connectivity index is 1.73. The Bertz CT molecular complexity index is 931. The third kappa shape index (κ3) is 5.22. The fraction of sp³-hybridized carbons (Fsp3) is 0.348. The number of nitrogens with zero attached hydrogens (tertiary/aromatic N) is 3. The highest BCUT2D eigenvalue weighted by Gasteiger charge is 2.22. The van der Waals surface area contributed by atoms with Gasteiger partial charge in [-0.15, -0.1) is 0 Å². The molecular weight excluding hydrogens is 366 g/mol. The minimum atomic E-state index is -0.0860. The van der Waals surface area contributed by atoms with Gasteiger partial charge in [0.05, 0.1) is 6.61 Å². The van der Waals surface area contributed by atoms with Crippen molar-refractivity contribution in [2.75, 3.05) is 6.61 Å². The number of carbonyl (C=O) groups excluding carboxylic acids is 1. The summed E-state index contributed by atoms with van der Waals surface area (Å²) in [6.45, 7) is 8.93. The molecule has 1 heterocycles. The predicted octanol–water partition coefficient (Wildman–Crippen LogP) is 4.88. The summed E-state index contributed by atoms with van der Waals surface area (Å²) in [4.78, 5) is 19.2. The van der Waals surface area contributed by atoms with Crippen molar-refractivity contribution in [3.05, 3.63) is 65.5 Å². The van der Waals surface area contributed by atoms with Gasteiger partial charge in [-0.1, -0.05) is 41.9 Å². The Morgan fingerprint density at radius 3 is 2.41 bits per heavy atom. The van der Waals surface area contributed by atoms with Gasteiger partial charge in [0.2, 0.25) is 11.7 Å². The molecule has 3 aromatic rings. The van der Waals surface area contributed by atoms with Crippen molar-refractivity contribution in [1.82, 2.24) is 15.0 Å². The van der Waals surface area contributed by atoms with Gasteiger partial charge in [0.15, 0.2) is 0 Å². The number of hydrogen-bond acceptors (Lipinski definition) is 5. The van der Waals surface area contributed by atoms with Gasteiger partial charge in [-0.05, 0) is 51.5 Å². The molecule has 0 aliphatic heterocycles. The van der Waals surface area contributed by atoms with Gasteiger partial charge in [-0.3, -0.25) is 4.79 Å². The lowest BCUT2D eigenvalue weighted by molar-refractivity contribution is 0.0667. The molecule has 0 saturated carbocycles. The lowest BCUT2D eigenvalue weighted by Gasteiger charge is -2.25. The molecule has 0 fully saturated rings. The Morgan fingerprint density at radius 1 is 1.10 bits per heavy atom. The molecule has 2 aromatic carbocycles. The molecule has 0 aliphatic carbocycles. The van der Waals surface area contributed by atoms with E-state index in [9.17, 15) is 4.79 Å². The standard InChI is InChI=1S/C23H27N3O3/c1-5-14-28-20-12-10-19(11-13-20)23(27)26(16(2)3)15-21-24-22(25-29-21)18-8-6-17(4)7-9-18/h6-13,16H,5,14-15H2,1-4H3. The topological polar surface area (TPSA) is 68.5 Å². The Hall–Kier alpha value is -3.15. The number of rotatable bonds is 8. The summed E-state index contributed by atoms with van der Waals surface area (Å²) < 4.78 is 11.0. The van der Waals surface area contributed by atoms with Crippen LogP contribution < -0.4 is 4.74 Å². The van der Waals surface area contributed by atoms with Gasteiger partial charge < -0.3 is 14.2 Å². The average molecular weight is 393 g/mol. The normalized spacial score (nSPS) is 10.9. The number of ether oxygens (including phenoxy) is 1. The molecule has 152 valence electrons. The van der Waals surface area contributed by atoms with E-state index < -0.39 is 0 Å². The van der Waals surface area contributed by atoms with Gasteiger partial charge in [0, 0.05) is 17.2 Å². The number of benzene rings is 2. The van der Waals surface area contributed by atoms with E-state index in [2.05, 4.69) is 17.1 Å². The molecule has 1 aromatic heterocycles. The number of hydrogen-bond donors (Lipinski definition) is 0. The van der Waals surface area contributed by atoms with Crippen molar-refractivity contribution in [2.24, 2.45) is 0 Å². The zero-order chi connectivity index (χ0) is 20.8. The average Bonchev–Trinajstić information content (AvgIpc) is 3.19. The van der Waals surface area contributed by atoms with E-state index in [4.69, 9.17) is 9.26 Å². The van der Waals surface area contributed by atoms with Crippen molar-refractivity contribution in [3.63, 3.8) is 0 Å². The van der Waals surface area contributed by atoms with E-state index in [1.165, 1.54) is 5.56 Å². The summed E-state index contributed by atoms with van der Waals surface area (Å²) in [5.41, 5.74) is 2.65. The Kier molecular flexibility index (Phi) is 6.65. The summed E-state index contributed by atoms with van der Waals surface area (Å²) >= 11 is 0. The van der Waals surface area contributed by atoms with Crippen LogP contribution in [0.3, 0.4) is 0 Å². The summed E-state index contributed by atoms with van der Waals surface area (Å²) in [6.07, 6.45) is 0.941. The Morgan fingerprint density at radius 2 is 1.79 bits per heavy atom. The van der Waals surface area contributed by atoms with Gasteiger partial charge in [0.25, 0.3) is 5.91 Å². The van der Waals surface area contributed by atoms with Crippen LogP contribution in [0.25, 0.3) is 11.4 Å². The Labute approximate surface area is 171 Å². The number of aromatic nitrogens is 2. The first-order valence-electron chi connectivity index (χ1n) is 9.91. The van der Waals surface area contributed by atoms with Gasteiger partial charge in [-0.25, -0.2) is 0 Å². The highest BCUT2D eigenvalue weighted by atomic mass is 16.5. The van der Waals surface area contributed by atoms with Crippen molar-refractivity contribution in [2.45, 2.75) is 46.7 Å². The SMILES string of the molecule is CCCOc1ccc(C(=O)N(Cc2nc(-c3ccc(C)cc3)no2)C(C)C)cc1. The molecule has 0 radical (unpaired) electrons. The van der Waals surface area contributed by atoms with Crippen molar-refractivity contribution in [3.8, 4) is 17.1 Å². The fourth-order valence-electron chi connectivity index (χ4n) is 2.85. The molecule has 1 amide bonds. The molecule has 0 saturated heterocycles. The smallest absolute Gasteiger partial charge is 0.254 e. The van der Waals surface area contributed by atoms with Crippen molar-refractivity contribution >= 4 is 5.91 Å². The van der Waals surface area contributed by atoms with Crippen LogP contribution in [0, 0.1) is 6.92 Å². The van der Waals surface area contributed by atoms with Gasteiger partial charge >= 0.3 is 0 Å². The largest absolute Gasteiger partial charge is 0.494 e. The lowest BCUT2D eigenvalue weighted by atomic mass is 10.1. The fourth-order valence-corrected chi connectivity index (χ4v) is 2.85. The second-order valence-electron chi connectivity index (χ2n) is 7.28. The first-order chi connectivity index (χ1) is 14.0. The van der Waals surface area contributed by atoms with E-state index in [-0.39, 0.29) is 18.5 Å². The monoisotopic (exact) mass is 393 g/mol. The maximum Gasteiger partial charge on any atom is 0.254 e. The first kappa shape index (κ1) is 20.6. The molecule has 0 atom stereocenters. The van der Waals surface area contributed by atoms with Crippen LogP contribution in [-0.2, 0) is 6.54 Å². The summed E-state index contributed by atoms with van der Waals surface area (Å²) in [6, 6.07) is 15.1. The molecule has 0 N–H and O–H groups in total. The van der Waals surface area contributed by atoms with Gasteiger partial charge in [0.1, 0.15) is 12.3 Å². The quantitative estimate of drug-likeness (QED) is 0.545. The maximum absolute atomic E-state index is 13.0.